The molecule has 1 aromatic rings. The van der Waals surface area contributed by atoms with E-state index in [0.29, 0.717) is 12.6 Å². The van der Waals surface area contributed by atoms with Gasteiger partial charge in [0.25, 0.3) is 0 Å². The molecule has 3 heteroatoms. The highest BCUT2D eigenvalue weighted by Gasteiger charge is 2.33. The summed E-state index contributed by atoms with van der Waals surface area (Å²) in [6.45, 7) is 6.34. The molecule has 0 spiro atoms. The molecule has 2 rings (SSSR count). The predicted molar refractivity (Wildman–Crippen MR) is 71.6 cm³/mol. The summed E-state index contributed by atoms with van der Waals surface area (Å²) >= 11 is 0. The number of nitrogens with zero attached hydrogens (tertiary/aromatic N) is 1. The first-order valence-corrected chi connectivity index (χ1v) is 6.42. The van der Waals surface area contributed by atoms with Crippen LogP contribution in [0.3, 0.4) is 0 Å². The molecule has 1 aliphatic carbocycles. The third-order valence-corrected chi connectivity index (χ3v) is 3.26. The second kappa shape index (κ2) is 4.99. The summed E-state index contributed by atoms with van der Waals surface area (Å²) in [5.74, 6) is 0.900. The number of ether oxygens (including phenoxy) is 1. The molecule has 1 atom stereocenters. The molecular weight excluding hydrogens is 224 g/mol. The zero-order valence-corrected chi connectivity index (χ0v) is 11.3. The molecule has 0 heterocycles. The molecule has 0 aliphatic heterocycles. The van der Waals surface area contributed by atoms with Gasteiger partial charge >= 0.3 is 0 Å². The van der Waals surface area contributed by atoms with E-state index in [2.05, 4.69) is 11.4 Å². The molecule has 0 aromatic heterocycles. The normalized spacial score (nSPS) is 17.9. The quantitative estimate of drug-likeness (QED) is 0.866. The molecule has 0 amide bonds. The van der Waals surface area contributed by atoms with Gasteiger partial charge in [-0.1, -0.05) is 18.2 Å². The van der Waals surface area contributed by atoms with E-state index in [1.165, 1.54) is 12.8 Å². The van der Waals surface area contributed by atoms with Crippen LogP contribution in [-0.4, -0.2) is 18.2 Å². The van der Waals surface area contributed by atoms with Crippen molar-refractivity contribution in [3.05, 3.63) is 29.3 Å². The van der Waals surface area contributed by atoms with Crippen LogP contribution in [0.4, 0.5) is 0 Å². The van der Waals surface area contributed by atoms with Gasteiger partial charge in [-0.3, -0.25) is 5.32 Å². The van der Waals surface area contributed by atoms with Gasteiger partial charge in [-0.25, -0.2) is 0 Å². The minimum Gasteiger partial charge on any atom is -0.490 e. The first-order valence-electron chi connectivity index (χ1n) is 6.42. The van der Waals surface area contributed by atoms with Crippen molar-refractivity contribution >= 4 is 0 Å². The minimum absolute atomic E-state index is 0.381. The van der Waals surface area contributed by atoms with Gasteiger partial charge in [0.15, 0.2) is 0 Å². The molecule has 1 N–H and O–H groups in total. The van der Waals surface area contributed by atoms with E-state index in [9.17, 15) is 5.26 Å². The van der Waals surface area contributed by atoms with Gasteiger partial charge < -0.3 is 4.74 Å². The zero-order chi connectivity index (χ0) is 13.2. The Bertz CT molecular complexity index is 454. The molecule has 18 heavy (non-hydrogen) atoms. The molecule has 1 fully saturated rings. The highest BCUT2D eigenvalue weighted by atomic mass is 16.5. The van der Waals surface area contributed by atoms with Crippen LogP contribution in [0, 0.1) is 25.2 Å². The Balaban J connectivity index is 2.03. The molecule has 0 bridgehead atoms. The van der Waals surface area contributed by atoms with E-state index in [-0.39, 0.29) is 0 Å². The van der Waals surface area contributed by atoms with Crippen molar-refractivity contribution in [3.8, 4) is 11.8 Å². The largest absolute Gasteiger partial charge is 0.490 e. The lowest BCUT2D eigenvalue weighted by Gasteiger charge is -2.24. The van der Waals surface area contributed by atoms with Crippen molar-refractivity contribution < 1.29 is 4.74 Å². The lowest BCUT2D eigenvalue weighted by Crippen LogP contribution is -2.47. The molecule has 1 saturated carbocycles. The van der Waals surface area contributed by atoms with Crippen molar-refractivity contribution in [2.45, 2.75) is 45.2 Å². The van der Waals surface area contributed by atoms with Gasteiger partial charge in [-0.05, 0) is 44.7 Å². The Kier molecular flexibility index (Phi) is 3.58. The van der Waals surface area contributed by atoms with Crippen LogP contribution in [0.2, 0.25) is 0 Å². The Morgan fingerprint density at radius 2 is 2.00 bits per heavy atom. The smallest absolute Gasteiger partial charge is 0.138 e. The Labute approximate surface area is 109 Å². The number of nitrogens with one attached hydrogen (secondary N) is 1. The van der Waals surface area contributed by atoms with Crippen LogP contribution in [0.15, 0.2) is 18.2 Å². The van der Waals surface area contributed by atoms with Crippen molar-refractivity contribution in [3.63, 3.8) is 0 Å². The van der Waals surface area contributed by atoms with Crippen LogP contribution in [0.1, 0.15) is 30.9 Å². The Hall–Kier alpha value is -1.53. The second-order valence-corrected chi connectivity index (χ2v) is 5.37. The SMILES string of the molecule is Cc1cccc(C)c1OCC(C)(C#N)NC1CC1. The maximum absolute atomic E-state index is 9.29. The number of rotatable bonds is 5. The highest BCUT2D eigenvalue weighted by molar-refractivity contribution is 5.39. The van der Waals surface area contributed by atoms with E-state index < -0.39 is 5.54 Å². The first kappa shape index (κ1) is 12.9. The molecule has 1 aliphatic rings. The molecule has 96 valence electrons. The summed E-state index contributed by atoms with van der Waals surface area (Å²) in [6.07, 6.45) is 2.33. The summed E-state index contributed by atoms with van der Waals surface area (Å²) < 4.78 is 5.87. The first-order chi connectivity index (χ1) is 8.54. The number of para-hydroxylation sites is 1. The average Bonchev–Trinajstić information content (AvgIpc) is 3.12. The van der Waals surface area contributed by atoms with Gasteiger partial charge in [-0.2, -0.15) is 5.26 Å². The third-order valence-electron chi connectivity index (χ3n) is 3.26. The summed E-state index contributed by atoms with van der Waals surface area (Å²) in [6, 6.07) is 8.89. The zero-order valence-electron chi connectivity index (χ0n) is 11.3. The molecule has 0 radical (unpaired) electrons. The Morgan fingerprint density at radius 3 is 2.50 bits per heavy atom. The Morgan fingerprint density at radius 1 is 1.39 bits per heavy atom. The fourth-order valence-electron chi connectivity index (χ4n) is 2.03. The van der Waals surface area contributed by atoms with Gasteiger partial charge in [0, 0.05) is 6.04 Å². The van der Waals surface area contributed by atoms with Crippen LogP contribution in [-0.2, 0) is 0 Å². The number of benzene rings is 1. The lowest BCUT2D eigenvalue weighted by molar-refractivity contribution is 0.230. The fourth-order valence-corrected chi connectivity index (χ4v) is 2.03. The summed E-state index contributed by atoms with van der Waals surface area (Å²) in [7, 11) is 0. The molecule has 1 aromatic carbocycles. The maximum atomic E-state index is 9.29. The standard InChI is InChI=1S/C15H20N2O/c1-11-5-4-6-12(2)14(11)18-10-15(3,9-16)17-13-7-8-13/h4-6,13,17H,7-8,10H2,1-3H3. The predicted octanol–water partition coefficient (Wildman–Crippen LogP) is 2.72. The van der Waals surface area contributed by atoms with Crippen LogP contribution in [0.5, 0.6) is 5.75 Å². The topological polar surface area (TPSA) is 45.0 Å². The van der Waals surface area contributed by atoms with E-state index in [1.807, 2.05) is 39.0 Å². The minimum atomic E-state index is -0.601. The summed E-state index contributed by atoms with van der Waals surface area (Å²) in [4.78, 5) is 0. The van der Waals surface area contributed by atoms with E-state index >= 15 is 0 Å². The van der Waals surface area contributed by atoms with Gasteiger partial charge in [0.1, 0.15) is 17.9 Å². The van der Waals surface area contributed by atoms with Crippen molar-refractivity contribution in [1.82, 2.24) is 5.32 Å². The van der Waals surface area contributed by atoms with Crippen LogP contribution < -0.4 is 10.1 Å². The molecule has 3 nitrogen and oxygen atoms in total. The molecular formula is C15H20N2O. The van der Waals surface area contributed by atoms with Gasteiger partial charge in [0.05, 0.1) is 6.07 Å². The van der Waals surface area contributed by atoms with Crippen molar-refractivity contribution in [2.24, 2.45) is 0 Å². The number of nitriles is 1. The monoisotopic (exact) mass is 244 g/mol. The van der Waals surface area contributed by atoms with E-state index in [0.717, 1.165) is 16.9 Å². The summed E-state index contributed by atoms with van der Waals surface area (Å²) in [5, 5.41) is 12.6. The fraction of sp³-hybridized carbons (Fsp3) is 0.533. The van der Waals surface area contributed by atoms with Crippen LogP contribution in [0.25, 0.3) is 0 Å². The lowest BCUT2D eigenvalue weighted by atomic mass is 10.1. The molecule has 0 saturated heterocycles. The van der Waals surface area contributed by atoms with Gasteiger partial charge in [-0.15, -0.1) is 0 Å². The van der Waals surface area contributed by atoms with Gasteiger partial charge in [0.2, 0.25) is 0 Å². The maximum Gasteiger partial charge on any atom is 0.138 e. The highest BCUT2D eigenvalue weighted by Crippen LogP contribution is 2.25. The average molecular weight is 244 g/mol. The third kappa shape index (κ3) is 3.02. The number of hydrogen-bond acceptors (Lipinski definition) is 3. The second-order valence-electron chi connectivity index (χ2n) is 5.37. The number of aryl methyl sites for hydroxylation is 2. The number of hydrogen-bond donors (Lipinski definition) is 1. The van der Waals surface area contributed by atoms with Crippen molar-refractivity contribution in [2.75, 3.05) is 6.61 Å². The van der Waals surface area contributed by atoms with E-state index in [4.69, 9.17) is 4.74 Å². The van der Waals surface area contributed by atoms with Crippen LogP contribution >= 0.6 is 0 Å². The summed E-state index contributed by atoms with van der Waals surface area (Å²) in [5.41, 5.74) is 1.62. The molecule has 1 unspecified atom stereocenters. The van der Waals surface area contributed by atoms with Crippen molar-refractivity contribution in [1.29, 1.82) is 5.26 Å². The van der Waals surface area contributed by atoms with E-state index in [1.54, 1.807) is 0 Å².